The first kappa shape index (κ1) is 26.4. The summed E-state index contributed by atoms with van der Waals surface area (Å²) in [6.07, 6.45) is 3.16. The summed E-state index contributed by atoms with van der Waals surface area (Å²) in [4.78, 5) is 26.3. The number of esters is 1. The molecule has 5 nitrogen and oxygen atoms in total. The SMILES string of the molecule is COC(=O)c1c(NC(=O)/C=C/c2ccc(OCc3ccc(C)cc3)cc2)sc(C)c1-c1ccc(Br)cc1. The summed E-state index contributed by atoms with van der Waals surface area (Å²) < 4.78 is 11.8. The molecular formula is C30H26BrNO4S. The monoisotopic (exact) mass is 575 g/mol. The number of carbonyl (C=O) groups is 2. The predicted molar refractivity (Wildman–Crippen MR) is 153 cm³/mol. The van der Waals surface area contributed by atoms with Gasteiger partial charge in [0.2, 0.25) is 5.91 Å². The Morgan fingerprint density at radius 3 is 2.27 bits per heavy atom. The number of carbonyl (C=O) groups excluding carboxylic acids is 2. The molecule has 1 amide bonds. The van der Waals surface area contributed by atoms with Crippen LogP contribution in [0.4, 0.5) is 5.00 Å². The van der Waals surface area contributed by atoms with Crippen LogP contribution >= 0.6 is 27.3 Å². The van der Waals surface area contributed by atoms with Crippen molar-refractivity contribution in [3.05, 3.63) is 110 Å². The van der Waals surface area contributed by atoms with Crippen LogP contribution in [0.2, 0.25) is 0 Å². The number of hydrogen-bond donors (Lipinski definition) is 1. The zero-order valence-corrected chi connectivity index (χ0v) is 23.1. The molecular weight excluding hydrogens is 550 g/mol. The van der Waals surface area contributed by atoms with Crippen LogP contribution in [0.25, 0.3) is 17.2 Å². The van der Waals surface area contributed by atoms with E-state index in [1.165, 1.54) is 30.1 Å². The Morgan fingerprint density at radius 2 is 1.62 bits per heavy atom. The van der Waals surface area contributed by atoms with Crippen LogP contribution in [0.5, 0.6) is 5.75 Å². The number of ether oxygens (including phenoxy) is 2. The highest BCUT2D eigenvalue weighted by molar-refractivity contribution is 9.10. The standard InChI is InChI=1S/C30H26BrNO4S/c1-19-4-6-22(7-5-19)18-36-25-15-8-21(9-16-25)10-17-26(33)32-29-28(30(34)35-3)27(20(2)37-29)23-11-13-24(31)14-12-23/h4-17H,18H2,1-3H3,(H,32,33)/b17-10+. The number of rotatable bonds is 8. The van der Waals surface area contributed by atoms with Crippen molar-refractivity contribution in [2.75, 3.05) is 12.4 Å². The van der Waals surface area contributed by atoms with Gasteiger partial charge in [0, 0.05) is 21.0 Å². The van der Waals surface area contributed by atoms with Gasteiger partial charge in [0.15, 0.2) is 0 Å². The quantitative estimate of drug-likeness (QED) is 0.172. The minimum Gasteiger partial charge on any atom is -0.489 e. The second-order valence-electron chi connectivity index (χ2n) is 8.40. The van der Waals surface area contributed by atoms with Gasteiger partial charge in [-0.1, -0.05) is 70.0 Å². The van der Waals surface area contributed by atoms with E-state index >= 15 is 0 Å². The molecule has 0 aliphatic heterocycles. The van der Waals surface area contributed by atoms with E-state index in [9.17, 15) is 9.59 Å². The van der Waals surface area contributed by atoms with Gasteiger partial charge in [-0.2, -0.15) is 0 Å². The minimum atomic E-state index is -0.497. The lowest BCUT2D eigenvalue weighted by Gasteiger charge is -2.08. The minimum absolute atomic E-state index is 0.339. The maximum Gasteiger partial charge on any atom is 0.341 e. The van der Waals surface area contributed by atoms with E-state index in [0.717, 1.165) is 37.4 Å². The molecule has 1 aromatic heterocycles. The van der Waals surface area contributed by atoms with Crippen molar-refractivity contribution in [3.63, 3.8) is 0 Å². The Kier molecular flexibility index (Phi) is 8.58. The third-order valence-electron chi connectivity index (χ3n) is 5.68. The van der Waals surface area contributed by atoms with Gasteiger partial charge < -0.3 is 14.8 Å². The average molecular weight is 577 g/mol. The van der Waals surface area contributed by atoms with Crippen molar-refractivity contribution in [1.82, 2.24) is 0 Å². The molecule has 37 heavy (non-hydrogen) atoms. The van der Waals surface area contributed by atoms with Crippen LogP contribution in [0.3, 0.4) is 0 Å². The van der Waals surface area contributed by atoms with Crippen molar-refractivity contribution in [2.24, 2.45) is 0 Å². The van der Waals surface area contributed by atoms with E-state index in [0.29, 0.717) is 17.2 Å². The lowest BCUT2D eigenvalue weighted by molar-refractivity contribution is -0.111. The highest BCUT2D eigenvalue weighted by Crippen LogP contribution is 2.40. The maximum absolute atomic E-state index is 12.7. The Bertz CT molecular complexity index is 1420. The van der Waals surface area contributed by atoms with Gasteiger partial charge in [0.25, 0.3) is 0 Å². The zero-order chi connectivity index (χ0) is 26.4. The van der Waals surface area contributed by atoms with Crippen LogP contribution in [0, 0.1) is 13.8 Å². The second-order valence-corrected chi connectivity index (χ2v) is 10.5. The van der Waals surface area contributed by atoms with Crippen LogP contribution in [0.15, 0.2) is 83.3 Å². The Hall–Kier alpha value is -3.68. The average Bonchev–Trinajstić information content (AvgIpc) is 3.23. The smallest absolute Gasteiger partial charge is 0.341 e. The zero-order valence-electron chi connectivity index (χ0n) is 20.7. The normalized spacial score (nSPS) is 10.9. The van der Waals surface area contributed by atoms with Gasteiger partial charge >= 0.3 is 5.97 Å². The summed E-state index contributed by atoms with van der Waals surface area (Å²) in [6.45, 7) is 4.46. The first-order chi connectivity index (χ1) is 17.8. The third kappa shape index (κ3) is 6.76. The van der Waals surface area contributed by atoms with Crippen molar-refractivity contribution in [1.29, 1.82) is 0 Å². The number of thiophene rings is 1. The molecule has 0 unspecified atom stereocenters. The molecule has 4 aromatic rings. The first-order valence-corrected chi connectivity index (χ1v) is 13.2. The fourth-order valence-corrected chi connectivity index (χ4v) is 5.08. The molecule has 0 saturated carbocycles. The van der Waals surface area contributed by atoms with Crippen LogP contribution < -0.4 is 10.1 Å². The summed E-state index contributed by atoms with van der Waals surface area (Å²) in [7, 11) is 1.33. The summed E-state index contributed by atoms with van der Waals surface area (Å²) >= 11 is 4.78. The molecule has 1 N–H and O–H groups in total. The molecule has 0 radical (unpaired) electrons. The van der Waals surface area contributed by atoms with Gasteiger partial charge in [-0.15, -0.1) is 11.3 Å². The number of benzene rings is 3. The maximum atomic E-state index is 12.7. The number of halogens is 1. The third-order valence-corrected chi connectivity index (χ3v) is 7.23. The molecule has 1 heterocycles. The molecule has 0 saturated heterocycles. The van der Waals surface area contributed by atoms with E-state index in [-0.39, 0.29) is 5.91 Å². The van der Waals surface area contributed by atoms with Gasteiger partial charge in [-0.3, -0.25) is 4.79 Å². The van der Waals surface area contributed by atoms with Crippen LogP contribution in [0.1, 0.15) is 31.9 Å². The van der Waals surface area contributed by atoms with E-state index in [2.05, 4.69) is 40.3 Å². The fraction of sp³-hybridized carbons (Fsp3) is 0.133. The number of anilines is 1. The first-order valence-electron chi connectivity index (χ1n) is 11.6. The number of aryl methyl sites for hydroxylation is 2. The Morgan fingerprint density at radius 1 is 0.946 bits per heavy atom. The van der Waals surface area contributed by atoms with Gasteiger partial charge in [0.1, 0.15) is 22.9 Å². The highest BCUT2D eigenvalue weighted by Gasteiger charge is 2.24. The fourth-order valence-electron chi connectivity index (χ4n) is 3.75. The van der Waals surface area contributed by atoms with Crippen molar-refractivity contribution < 1.29 is 19.1 Å². The number of methoxy groups -OCH3 is 1. The highest BCUT2D eigenvalue weighted by atomic mass is 79.9. The lowest BCUT2D eigenvalue weighted by atomic mass is 10.0. The topological polar surface area (TPSA) is 64.6 Å². The Balaban J connectivity index is 1.44. The number of hydrogen-bond acceptors (Lipinski definition) is 5. The molecule has 7 heteroatoms. The lowest BCUT2D eigenvalue weighted by Crippen LogP contribution is -2.11. The van der Waals surface area contributed by atoms with Gasteiger partial charge in [0.05, 0.1) is 7.11 Å². The molecule has 0 aliphatic rings. The van der Waals surface area contributed by atoms with E-state index in [1.807, 2.05) is 67.6 Å². The van der Waals surface area contributed by atoms with Gasteiger partial charge in [-0.05, 0) is 60.9 Å². The molecule has 0 fully saturated rings. The van der Waals surface area contributed by atoms with E-state index in [4.69, 9.17) is 9.47 Å². The summed E-state index contributed by atoms with van der Waals surface area (Å²) in [5, 5.41) is 3.31. The number of amides is 1. The molecule has 4 rings (SSSR count). The molecule has 0 bridgehead atoms. The number of nitrogens with one attached hydrogen (secondary N) is 1. The molecule has 3 aromatic carbocycles. The summed E-state index contributed by atoms with van der Waals surface area (Å²) in [5.41, 5.74) is 5.14. The summed E-state index contributed by atoms with van der Waals surface area (Å²) in [5.74, 6) is -0.0874. The van der Waals surface area contributed by atoms with Crippen molar-refractivity contribution in [2.45, 2.75) is 20.5 Å². The molecule has 0 atom stereocenters. The molecule has 0 aliphatic carbocycles. The van der Waals surface area contributed by atoms with Crippen LogP contribution in [-0.4, -0.2) is 19.0 Å². The van der Waals surface area contributed by atoms with E-state index < -0.39 is 5.97 Å². The van der Waals surface area contributed by atoms with Gasteiger partial charge in [-0.25, -0.2) is 4.79 Å². The molecule has 0 spiro atoms. The second kappa shape index (κ2) is 12.0. The van der Waals surface area contributed by atoms with Crippen LogP contribution in [-0.2, 0) is 16.1 Å². The summed E-state index contributed by atoms with van der Waals surface area (Å²) in [6, 6.07) is 23.4. The predicted octanol–water partition coefficient (Wildman–Crippen LogP) is 7.81. The van der Waals surface area contributed by atoms with Crippen molar-refractivity contribution in [3.8, 4) is 16.9 Å². The van der Waals surface area contributed by atoms with E-state index in [1.54, 1.807) is 6.08 Å². The van der Waals surface area contributed by atoms with Crippen molar-refractivity contribution >= 4 is 50.2 Å². The Labute approximate surface area is 228 Å². The molecule has 188 valence electrons. The largest absolute Gasteiger partial charge is 0.489 e.